The van der Waals surface area contributed by atoms with Crippen LogP contribution >= 0.6 is 0 Å². The fourth-order valence-electron chi connectivity index (χ4n) is 2.04. The van der Waals surface area contributed by atoms with Crippen LogP contribution < -0.4 is 11.1 Å². The highest BCUT2D eigenvalue weighted by Gasteiger charge is 2.27. The van der Waals surface area contributed by atoms with Gasteiger partial charge in [-0.15, -0.1) is 0 Å². The van der Waals surface area contributed by atoms with Crippen LogP contribution in [0.3, 0.4) is 0 Å². The van der Waals surface area contributed by atoms with E-state index in [0.717, 1.165) is 18.7 Å². The molecule has 0 fully saturated rings. The minimum absolute atomic E-state index is 0.365. The number of hydrogen-bond acceptors (Lipinski definition) is 3. The molecule has 1 amide bonds. The smallest absolute Gasteiger partial charge is 0.277 e. The third kappa shape index (κ3) is 5.69. The zero-order valence-electron chi connectivity index (χ0n) is 13.4. The summed E-state index contributed by atoms with van der Waals surface area (Å²) in [6, 6.07) is 7.44. The number of carbonyl (C=O) groups excluding carboxylic acids is 1. The van der Waals surface area contributed by atoms with E-state index in [2.05, 4.69) is 31.0 Å². The lowest BCUT2D eigenvalue weighted by atomic mass is 10.1. The minimum Gasteiger partial charge on any atom is -0.346 e. The van der Waals surface area contributed by atoms with E-state index in [1.54, 1.807) is 12.1 Å². The lowest BCUT2D eigenvalue weighted by Crippen LogP contribution is -2.41. The normalized spacial score (nSPS) is 12.0. The number of alkyl halides is 2. The van der Waals surface area contributed by atoms with Gasteiger partial charge in [0.1, 0.15) is 0 Å². The van der Waals surface area contributed by atoms with Crippen LogP contribution in [0.5, 0.6) is 0 Å². The van der Waals surface area contributed by atoms with Crippen molar-refractivity contribution in [3.05, 3.63) is 35.4 Å². The Kier molecular flexibility index (Phi) is 6.90. The molecule has 0 bridgehead atoms. The van der Waals surface area contributed by atoms with Gasteiger partial charge in [-0.2, -0.15) is 0 Å². The lowest BCUT2D eigenvalue weighted by molar-refractivity contribution is 0.0118. The third-order valence-electron chi connectivity index (χ3n) is 3.54. The highest BCUT2D eigenvalue weighted by Crippen LogP contribution is 2.12. The van der Waals surface area contributed by atoms with Crippen LogP contribution in [0.2, 0.25) is 0 Å². The fourth-order valence-corrected chi connectivity index (χ4v) is 2.04. The van der Waals surface area contributed by atoms with Gasteiger partial charge in [0, 0.05) is 18.2 Å². The van der Waals surface area contributed by atoms with Crippen LogP contribution in [0.4, 0.5) is 8.78 Å². The average molecular weight is 313 g/mol. The van der Waals surface area contributed by atoms with Gasteiger partial charge >= 0.3 is 0 Å². The SMILES string of the molecule is CCN(Cc1ccc(C(=O)NCC(F)(F)CN)cc1)C(C)C. The molecule has 124 valence electrons. The van der Waals surface area contributed by atoms with Crippen molar-refractivity contribution in [1.29, 1.82) is 0 Å². The number of halogens is 2. The second kappa shape index (κ2) is 8.19. The molecule has 4 nitrogen and oxygen atoms in total. The van der Waals surface area contributed by atoms with Crippen molar-refractivity contribution in [3.8, 4) is 0 Å². The quantitative estimate of drug-likeness (QED) is 0.774. The van der Waals surface area contributed by atoms with E-state index in [1.165, 1.54) is 0 Å². The first-order valence-electron chi connectivity index (χ1n) is 7.48. The molecule has 1 rings (SSSR count). The Hall–Kier alpha value is -1.53. The van der Waals surface area contributed by atoms with E-state index in [9.17, 15) is 13.6 Å². The van der Waals surface area contributed by atoms with E-state index >= 15 is 0 Å². The molecule has 0 saturated heterocycles. The summed E-state index contributed by atoms with van der Waals surface area (Å²) in [5, 5.41) is 2.20. The van der Waals surface area contributed by atoms with Gasteiger partial charge in [-0.3, -0.25) is 9.69 Å². The molecule has 22 heavy (non-hydrogen) atoms. The zero-order valence-corrected chi connectivity index (χ0v) is 13.4. The summed E-state index contributed by atoms with van der Waals surface area (Å²) in [6.45, 7) is 6.55. The van der Waals surface area contributed by atoms with Crippen molar-refractivity contribution in [2.45, 2.75) is 39.3 Å². The van der Waals surface area contributed by atoms with Crippen LogP contribution in [-0.2, 0) is 6.54 Å². The topological polar surface area (TPSA) is 58.4 Å². The summed E-state index contributed by atoms with van der Waals surface area (Å²) in [5.41, 5.74) is 6.38. The zero-order chi connectivity index (χ0) is 16.8. The van der Waals surface area contributed by atoms with E-state index in [1.807, 2.05) is 12.1 Å². The number of carbonyl (C=O) groups is 1. The highest BCUT2D eigenvalue weighted by atomic mass is 19.3. The van der Waals surface area contributed by atoms with Crippen molar-refractivity contribution < 1.29 is 13.6 Å². The van der Waals surface area contributed by atoms with Crippen LogP contribution in [0.1, 0.15) is 36.7 Å². The summed E-state index contributed by atoms with van der Waals surface area (Å²) >= 11 is 0. The van der Waals surface area contributed by atoms with Crippen molar-refractivity contribution in [1.82, 2.24) is 10.2 Å². The first kappa shape index (κ1) is 18.5. The van der Waals surface area contributed by atoms with Crippen molar-refractivity contribution >= 4 is 5.91 Å². The molecule has 0 heterocycles. The first-order chi connectivity index (χ1) is 10.3. The molecule has 1 aromatic carbocycles. The number of benzene rings is 1. The number of nitrogens with one attached hydrogen (secondary N) is 1. The largest absolute Gasteiger partial charge is 0.346 e. The number of rotatable bonds is 8. The van der Waals surface area contributed by atoms with Gasteiger partial charge in [0.2, 0.25) is 0 Å². The molecule has 6 heteroatoms. The maximum Gasteiger partial charge on any atom is 0.277 e. The molecular formula is C16H25F2N3O. The molecule has 0 aliphatic carbocycles. The standard InChI is InChI=1S/C16H25F2N3O/c1-4-21(12(2)3)9-13-5-7-14(8-6-13)15(22)20-11-16(17,18)10-19/h5-8,12H,4,9-11,19H2,1-3H3,(H,20,22). The minimum atomic E-state index is -3.07. The second-order valence-corrected chi connectivity index (χ2v) is 5.60. The van der Waals surface area contributed by atoms with Crippen LogP contribution in [0.25, 0.3) is 0 Å². The van der Waals surface area contributed by atoms with Crippen molar-refractivity contribution in [2.75, 3.05) is 19.6 Å². The van der Waals surface area contributed by atoms with Crippen LogP contribution in [0, 0.1) is 0 Å². The molecule has 0 spiro atoms. The molecule has 0 atom stereocenters. The summed E-state index contributed by atoms with van der Waals surface area (Å²) < 4.78 is 26.0. The van der Waals surface area contributed by atoms with Gasteiger partial charge in [0.25, 0.3) is 11.8 Å². The van der Waals surface area contributed by atoms with Gasteiger partial charge in [0.05, 0.1) is 13.1 Å². The summed E-state index contributed by atoms with van der Waals surface area (Å²) in [6.07, 6.45) is 0. The van der Waals surface area contributed by atoms with Gasteiger partial charge in [0.15, 0.2) is 0 Å². The monoisotopic (exact) mass is 313 g/mol. The molecule has 0 aromatic heterocycles. The molecule has 0 aliphatic rings. The Morgan fingerprint density at radius 2 is 1.91 bits per heavy atom. The molecular weight excluding hydrogens is 288 g/mol. The Morgan fingerprint density at radius 1 is 1.32 bits per heavy atom. The summed E-state index contributed by atoms with van der Waals surface area (Å²) in [5.74, 6) is -3.59. The maximum absolute atomic E-state index is 13.0. The number of hydrogen-bond donors (Lipinski definition) is 2. The summed E-state index contributed by atoms with van der Waals surface area (Å²) in [7, 11) is 0. The predicted molar refractivity (Wildman–Crippen MR) is 84.0 cm³/mol. The van der Waals surface area contributed by atoms with Gasteiger partial charge in [-0.05, 0) is 38.1 Å². The molecule has 0 aliphatic heterocycles. The molecule has 0 unspecified atom stereocenters. The number of amides is 1. The molecule has 1 aromatic rings. The summed E-state index contributed by atoms with van der Waals surface area (Å²) in [4.78, 5) is 14.1. The first-order valence-corrected chi connectivity index (χ1v) is 7.48. The van der Waals surface area contributed by atoms with E-state index in [-0.39, 0.29) is 0 Å². The third-order valence-corrected chi connectivity index (χ3v) is 3.54. The number of nitrogens with two attached hydrogens (primary N) is 1. The molecule has 3 N–H and O–H groups in total. The van der Waals surface area contributed by atoms with E-state index in [0.29, 0.717) is 11.6 Å². The lowest BCUT2D eigenvalue weighted by Gasteiger charge is -2.24. The van der Waals surface area contributed by atoms with Crippen LogP contribution in [0.15, 0.2) is 24.3 Å². The Bertz CT molecular complexity index is 475. The Balaban J connectivity index is 2.62. The fraction of sp³-hybridized carbons (Fsp3) is 0.562. The van der Waals surface area contributed by atoms with Crippen molar-refractivity contribution in [2.24, 2.45) is 5.73 Å². The predicted octanol–water partition coefficient (Wildman–Crippen LogP) is 2.24. The highest BCUT2D eigenvalue weighted by molar-refractivity contribution is 5.94. The van der Waals surface area contributed by atoms with E-state index in [4.69, 9.17) is 5.73 Å². The number of nitrogens with zero attached hydrogens (tertiary/aromatic N) is 1. The van der Waals surface area contributed by atoms with Crippen molar-refractivity contribution in [3.63, 3.8) is 0 Å². The van der Waals surface area contributed by atoms with E-state index < -0.39 is 24.9 Å². The Labute approximate surface area is 130 Å². The molecule has 0 saturated carbocycles. The van der Waals surface area contributed by atoms with Gasteiger partial charge < -0.3 is 11.1 Å². The second-order valence-electron chi connectivity index (χ2n) is 5.60. The van der Waals surface area contributed by atoms with Gasteiger partial charge in [-0.1, -0.05) is 19.1 Å². The maximum atomic E-state index is 13.0. The van der Waals surface area contributed by atoms with Gasteiger partial charge in [-0.25, -0.2) is 8.78 Å². The van der Waals surface area contributed by atoms with Crippen LogP contribution in [-0.4, -0.2) is 42.4 Å². The molecule has 0 radical (unpaired) electrons. The Morgan fingerprint density at radius 3 is 2.36 bits per heavy atom. The average Bonchev–Trinajstić information content (AvgIpc) is 2.50.